The van der Waals surface area contributed by atoms with Gasteiger partial charge in [0.05, 0.1) is 36.0 Å². The first-order valence-electron chi connectivity index (χ1n) is 12.1. The van der Waals surface area contributed by atoms with Gasteiger partial charge in [0.1, 0.15) is 11.5 Å². The summed E-state index contributed by atoms with van der Waals surface area (Å²) in [6, 6.07) is 13.7. The average molecular weight is 487 g/mol. The van der Waals surface area contributed by atoms with Gasteiger partial charge >= 0.3 is 0 Å². The fraction of sp³-hybridized carbons (Fsp3) is 0.357. The Morgan fingerprint density at radius 3 is 2.47 bits per heavy atom. The van der Waals surface area contributed by atoms with Crippen molar-refractivity contribution in [3.05, 3.63) is 65.7 Å². The number of imide groups is 2. The van der Waals surface area contributed by atoms with E-state index in [0.29, 0.717) is 23.4 Å². The van der Waals surface area contributed by atoms with Gasteiger partial charge in [-0.05, 0) is 43.9 Å². The number of nitrogens with one attached hydrogen (secondary N) is 1. The molecule has 4 aliphatic rings. The van der Waals surface area contributed by atoms with Crippen LogP contribution in [-0.4, -0.2) is 35.8 Å². The number of para-hydroxylation sites is 1. The molecule has 0 unspecified atom stereocenters. The summed E-state index contributed by atoms with van der Waals surface area (Å²) in [5, 5.41) is 13.5. The molecule has 1 saturated carbocycles. The van der Waals surface area contributed by atoms with Crippen LogP contribution >= 0.6 is 0 Å². The predicted octanol–water partition coefficient (Wildman–Crippen LogP) is 2.92. The maximum Gasteiger partial charge on any atom is 0.241 e. The molecule has 8 nitrogen and oxygen atoms in total. The second kappa shape index (κ2) is 7.78. The van der Waals surface area contributed by atoms with Gasteiger partial charge in [0.2, 0.25) is 23.6 Å². The van der Waals surface area contributed by atoms with Gasteiger partial charge in [0, 0.05) is 17.5 Å². The van der Waals surface area contributed by atoms with Crippen LogP contribution in [0.15, 0.2) is 60.2 Å². The molecule has 36 heavy (non-hydrogen) atoms. The Labute approximate surface area is 207 Å². The Balaban J connectivity index is 1.55. The van der Waals surface area contributed by atoms with Gasteiger partial charge in [0.25, 0.3) is 0 Å². The number of carbonyl (C=O) groups excluding carboxylic acids is 4. The first-order chi connectivity index (χ1) is 17.3. The van der Waals surface area contributed by atoms with Gasteiger partial charge in [-0.3, -0.25) is 24.5 Å². The Bertz CT molecular complexity index is 1350. The maximum atomic E-state index is 14.1. The van der Waals surface area contributed by atoms with Crippen molar-refractivity contribution in [1.29, 1.82) is 0 Å². The lowest BCUT2D eigenvalue weighted by molar-refractivity contribution is -0.131. The average Bonchev–Trinajstić information content (AvgIpc) is 3.27. The van der Waals surface area contributed by atoms with Crippen LogP contribution in [0.5, 0.6) is 11.5 Å². The molecule has 2 aliphatic heterocycles. The summed E-state index contributed by atoms with van der Waals surface area (Å²) in [5.74, 6) is -3.73. The van der Waals surface area contributed by atoms with Crippen molar-refractivity contribution in [3.8, 4) is 11.5 Å². The number of hydrogen-bond donors (Lipinski definition) is 2. The summed E-state index contributed by atoms with van der Waals surface area (Å²) in [4.78, 5) is 54.6. The van der Waals surface area contributed by atoms with Crippen molar-refractivity contribution >= 4 is 29.3 Å². The molecule has 2 N–H and O–H groups in total. The molecule has 2 aromatic carbocycles. The lowest BCUT2D eigenvalue weighted by Gasteiger charge is -2.49. The first kappa shape index (κ1) is 22.5. The van der Waals surface area contributed by atoms with E-state index in [-0.39, 0.29) is 35.8 Å². The number of carbonyl (C=O) groups is 4. The highest BCUT2D eigenvalue weighted by Gasteiger charge is 2.67. The summed E-state index contributed by atoms with van der Waals surface area (Å²) >= 11 is 0. The Kier molecular flexibility index (Phi) is 4.87. The quantitative estimate of drug-likeness (QED) is 0.510. The number of allylic oxidation sites excluding steroid dienone is 2. The third kappa shape index (κ3) is 2.87. The number of phenolic OH excluding ortho intramolecular Hbond substituents is 1. The molecule has 8 heteroatoms. The summed E-state index contributed by atoms with van der Waals surface area (Å²) < 4.78 is 5.26. The van der Waals surface area contributed by atoms with E-state index in [1.807, 2.05) is 12.1 Å². The van der Waals surface area contributed by atoms with Gasteiger partial charge in [-0.2, -0.15) is 0 Å². The molecule has 2 heterocycles. The van der Waals surface area contributed by atoms with E-state index in [4.69, 9.17) is 4.74 Å². The second-order valence-corrected chi connectivity index (χ2v) is 10.3. The fourth-order valence-electron chi connectivity index (χ4n) is 6.99. The molecule has 0 spiro atoms. The first-order valence-corrected chi connectivity index (χ1v) is 12.1. The maximum absolute atomic E-state index is 14.1. The number of amides is 4. The summed E-state index contributed by atoms with van der Waals surface area (Å²) in [7, 11) is 1.50. The zero-order chi connectivity index (χ0) is 25.4. The fourth-order valence-corrected chi connectivity index (χ4v) is 6.99. The number of anilines is 1. The number of ether oxygens (including phenoxy) is 1. The van der Waals surface area contributed by atoms with Gasteiger partial charge < -0.3 is 9.84 Å². The Morgan fingerprint density at radius 1 is 1.03 bits per heavy atom. The number of benzene rings is 2. The van der Waals surface area contributed by atoms with Crippen molar-refractivity contribution in [2.45, 2.75) is 25.7 Å². The molecule has 6 rings (SSSR count). The number of aromatic hydroxyl groups is 1. The third-order valence-corrected chi connectivity index (χ3v) is 8.68. The van der Waals surface area contributed by atoms with Crippen LogP contribution in [0.1, 0.15) is 31.2 Å². The number of rotatable bonds is 3. The van der Waals surface area contributed by atoms with E-state index in [1.165, 1.54) is 18.1 Å². The molecular weight excluding hydrogens is 460 g/mol. The number of methoxy groups -OCH3 is 1. The van der Waals surface area contributed by atoms with E-state index in [2.05, 4.69) is 5.32 Å². The van der Waals surface area contributed by atoms with Crippen LogP contribution in [0.25, 0.3) is 0 Å². The van der Waals surface area contributed by atoms with E-state index < -0.39 is 35.0 Å². The van der Waals surface area contributed by atoms with Gasteiger partial charge in [-0.25, -0.2) is 4.90 Å². The normalized spacial score (nSPS) is 33.0. The van der Waals surface area contributed by atoms with Crippen molar-refractivity contribution in [2.24, 2.45) is 29.1 Å². The highest BCUT2D eigenvalue weighted by atomic mass is 16.5. The SMILES string of the molecule is COc1ccc([C@H]2C3=CC[C@@H]4C(=O)NC(=O)[C@@H]4[C@@H]3C[C@H]3C(=O)N(c4ccccc4)C(=O)[C@@]23C)c(O)c1. The lowest BCUT2D eigenvalue weighted by atomic mass is 9.51. The summed E-state index contributed by atoms with van der Waals surface area (Å²) in [6.45, 7) is 1.79. The number of phenols is 1. The molecular formula is C28H26N2O6. The minimum Gasteiger partial charge on any atom is -0.508 e. The van der Waals surface area contributed by atoms with E-state index in [0.717, 1.165) is 5.57 Å². The van der Waals surface area contributed by atoms with Crippen molar-refractivity contribution < 1.29 is 29.0 Å². The Morgan fingerprint density at radius 2 is 1.78 bits per heavy atom. The number of fused-ring (bicyclic) bond motifs is 4. The second-order valence-electron chi connectivity index (χ2n) is 10.3. The van der Waals surface area contributed by atoms with Crippen LogP contribution in [0.3, 0.4) is 0 Å². The molecule has 0 aromatic heterocycles. The molecule has 3 fully saturated rings. The lowest BCUT2D eigenvalue weighted by Crippen LogP contribution is -2.48. The minimum absolute atomic E-state index is 0.0478. The van der Waals surface area contributed by atoms with Crippen LogP contribution in [-0.2, 0) is 19.2 Å². The van der Waals surface area contributed by atoms with Crippen LogP contribution in [0.4, 0.5) is 5.69 Å². The van der Waals surface area contributed by atoms with E-state index in [9.17, 15) is 24.3 Å². The highest BCUT2D eigenvalue weighted by molar-refractivity contribution is 6.24. The zero-order valence-corrected chi connectivity index (χ0v) is 19.9. The zero-order valence-electron chi connectivity index (χ0n) is 19.9. The summed E-state index contributed by atoms with van der Waals surface area (Å²) in [6.07, 6.45) is 2.60. The largest absolute Gasteiger partial charge is 0.508 e. The molecule has 2 aromatic rings. The number of nitrogens with zero attached hydrogens (tertiary/aromatic N) is 1. The molecule has 0 radical (unpaired) electrons. The predicted molar refractivity (Wildman–Crippen MR) is 129 cm³/mol. The minimum atomic E-state index is -1.19. The Hall–Kier alpha value is -3.94. The third-order valence-electron chi connectivity index (χ3n) is 8.68. The standard InChI is InChI=1S/C28H26N2O6/c1-28-20(26(34)30(27(28)35)14-6-4-3-5-7-14)13-19-16(10-11-18-22(19)25(33)29-24(18)32)23(28)17-9-8-15(36-2)12-21(17)31/h3-10,12,18-20,22-23,31H,11,13H2,1-2H3,(H,29,32,33)/t18-,19+,20-,22-,23+,28+/m0/s1. The van der Waals surface area contributed by atoms with Crippen LogP contribution < -0.4 is 15.0 Å². The molecule has 6 atom stereocenters. The van der Waals surface area contributed by atoms with E-state index >= 15 is 0 Å². The highest BCUT2D eigenvalue weighted by Crippen LogP contribution is 2.64. The number of hydrogen-bond acceptors (Lipinski definition) is 6. The molecule has 4 amide bonds. The van der Waals surface area contributed by atoms with Crippen LogP contribution in [0, 0.1) is 29.1 Å². The monoisotopic (exact) mass is 486 g/mol. The molecule has 2 saturated heterocycles. The van der Waals surface area contributed by atoms with Gasteiger partial charge in [-0.1, -0.05) is 35.9 Å². The van der Waals surface area contributed by atoms with Crippen molar-refractivity contribution in [3.63, 3.8) is 0 Å². The molecule has 184 valence electrons. The van der Waals surface area contributed by atoms with Gasteiger partial charge in [-0.15, -0.1) is 0 Å². The van der Waals surface area contributed by atoms with Crippen LogP contribution in [0.2, 0.25) is 0 Å². The van der Waals surface area contributed by atoms with Crippen molar-refractivity contribution in [2.75, 3.05) is 12.0 Å². The van der Waals surface area contributed by atoms with E-state index in [1.54, 1.807) is 43.3 Å². The van der Waals surface area contributed by atoms with Gasteiger partial charge in [0.15, 0.2) is 0 Å². The topological polar surface area (TPSA) is 113 Å². The van der Waals surface area contributed by atoms with Crippen molar-refractivity contribution in [1.82, 2.24) is 5.32 Å². The molecule has 2 aliphatic carbocycles. The summed E-state index contributed by atoms with van der Waals surface area (Å²) in [5.41, 5.74) is 0.632. The molecule has 0 bridgehead atoms. The smallest absolute Gasteiger partial charge is 0.241 e.